The van der Waals surface area contributed by atoms with Crippen LogP contribution in [0, 0.1) is 12.7 Å². The monoisotopic (exact) mass is 498 g/mol. The van der Waals surface area contributed by atoms with Crippen molar-refractivity contribution in [3.63, 3.8) is 0 Å². The second kappa shape index (κ2) is 11.6. The van der Waals surface area contributed by atoms with Gasteiger partial charge < -0.3 is 16.0 Å². The van der Waals surface area contributed by atoms with Crippen molar-refractivity contribution in [2.75, 3.05) is 20.6 Å². The predicted molar refractivity (Wildman–Crippen MR) is 123 cm³/mol. The van der Waals surface area contributed by atoms with Gasteiger partial charge in [0.25, 0.3) is 5.91 Å². The van der Waals surface area contributed by atoms with Crippen LogP contribution in [-0.2, 0) is 6.42 Å². The Balaban J connectivity index is 0.00000392. The van der Waals surface area contributed by atoms with Crippen LogP contribution in [0.3, 0.4) is 0 Å². The first kappa shape index (κ1) is 23.9. The van der Waals surface area contributed by atoms with Crippen molar-refractivity contribution in [3.8, 4) is 0 Å². The Morgan fingerprint density at radius 1 is 1.21 bits per heavy atom. The highest BCUT2D eigenvalue weighted by Gasteiger charge is 2.10. The topological polar surface area (TPSA) is 65.5 Å². The van der Waals surface area contributed by atoms with Crippen molar-refractivity contribution in [1.29, 1.82) is 0 Å². The molecule has 1 unspecified atom stereocenters. The number of aryl methyl sites for hydroxylation is 1. The molecule has 1 amide bonds. The molecular weight excluding hydrogens is 470 g/mol. The smallest absolute Gasteiger partial charge is 0.251 e. The number of aliphatic imine (C=N–C) groups is 1. The Bertz CT molecular complexity index is 826. The van der Waals surface area contributed by atoms with Crippen LogP contribution in [0.4, 0.5) is 4.39 Å². The lowest BCUT2D eigenvalue weighted by Crippen LogP contribution is -2.39. The van der Waals surface area contributed by atoms with E-state index in [1.807, 2.05) is 31.2 Å². The summed E-state index contributed by atoms with van der Waals surface area (Å²) in [5.41, 5.74) is 3.20. The highest BCUT2D eigenvalue weighted by Crippen LogP contribution is 2.16. The average Bonchev–Trinajstić information content (AvgIpc) is 2.68. The molecule has 152 valence electrons. The Kier molecular flexibility index (Phi) is 9.92. The molecule has 0 aromatic heterocycles. The van der Waals surface area contributed by atoms with E-state index in [0.717, 1.165) is 17.5 Å². The third kappa shape index (κ3) is 6.78. The van der Waals surface area contributed by atoms with Gasteiger partial charge in [-0.1, -0.05) is 24.3 Å². The fourth-order valence-corrected chi connectivity index (χ4v) is 2.70. The van der Waals surface area contributed by atoms with Gasteiger partial charge in [0.15, 0.2) is 5.96 Å². The van der Waals surface area contributed by atoms with Crippen LogP contribution in [0.5, 0.6) is 0 Å². The maximum Gasteiger partial charge on any atom is 0.251 e. The largest absolute Gasteiger partial charge is 0.356 e. The maximum atomic E-state index is 13.8. The zero-order valence-corrected chi connectivity index (χ0v) is 19.0. The van der Waals surface area contributed by atoms with Gasteiger partial charge >= 0.3 is 0 Å². The van der Waals surface area contributed by atoms with Crippen molar-refractivity contribution in [3.05, 3.63) is 70.5 Å². The van der Waals surface area contributed by atoms with Gasteiger partial charge in [0.1, 0.15) is 5.82 Å². The molecule has 3 N–H and O–H groups in total. The fourth-order valence-electron chi connectivity index (χ4n) is 2.70. The molecule has 0 saturated heterocycles. The summed E-state index contributed by atoms with van der Waals surface area (Å²) < 4.78 is 13.8. The number of halogens is 2. The number of carbonyl (C=O) groups is 1. The first-order chi connectivity index (χ1) is 12.9. The molecule has 0 aliphatic heterocycles. The summed E-state index contributed by atoms with van der Waals surface area (Å²) in [7, 11) is 3.32. The van der Waals surface area contributed by atoms with Crippen LogP contribution in [0.15, 0.2) is 47.5 Å². The van der Waals surface area contributed by atoms with Gasteiger partial charge in [0.2, 0.25) is 0 Å². The lowest BCUT2D eigenvalue weighted by molar-refractivity contribution is 0.0963. The van der Waals surface area contributed by atoms with Gasteiger partial charge in [-0.3, -0.25) is 9.79 Å². The maximum absolute atomic E-state index is 13.8. The summed E-state index contributed by atoms with van der Waals surface area (Å²) in [5, 5.41) is 9.14. The summed E-state index contributed by atoms with van der Waals surface area (Å²) >= 11 is 0. The minimum atomic E-state index is -0.208. The number of nitrogens with zero attached hydrogens (tertiary/aromatic N) is 1. The van der Waals surface area contributed by atoms with Crippen LogP contribution >= 0.6 is 24.0 Å². The molecule has 5 nitrogen and oxygen atoms in total. The van der Waals surface area contributed by atoms with Gasteiger partial charge in [-0.05, 0) is 55.2 Å². The number of amides is 1. The molecule has 2 rings (SSSR count). The Morgan fingerprint density at radius 2 is 1.96 bits per heavy atom. The van der Waals surface area contributed by atoms with E-state index >= 15 is 0 Å². The molecule has 0 heterocycles. The van der Waals surface area contributed by atoms with E-state index in [9.17, 15) is 9.18 Å². The summed E-state index contributed by atoms with van der Waals surface area (Å²) in [6, 6.07) is 12.7. The number of carbonyl (C=O) groups excluding carboxylic acids is 1. The second-order valence-corrected chi connectivity index (χ2v) is 6.40. The minimum Gasteiger partial charge on any atom is -0.356 e. The quantitative estimate of drug-likeness (QED) is 0.324. The first-order valence-electron chi connectivity index (χ1n) is 8.99. The van der Waals surface area contributed by atoms with Crippen molar-refractivity contribution < 1.29 is 9.18 Å². The van der Waals surface area contributed by atoms with Gasteiger partial charge in [0.05, 0.1) is 6.04 Å². The molecule has 1 atom stereocenters. The molecule has 0 radical (unpaired) electrons. The molecule has 0 fully saturated rings. The standard InChI is InChI=1S/C21H27FN4O.HI/c1-14-8-9-17(13-19(14)22)15(2)26-21(24-4)25-11-10-16-6-5-7-18(12-16)20(27)23-3;/h5-9,12-13,15H,10-11H2,1-4H3,(H,23,27)(H2,24,25,26);1H. The van der Waals surface area contributed by atoms with Crippen LogP contribution in [0.1, 0.15) is 40.0 Å². The third-order valence-corrected chi connectivity index (χ3v) is 4.40. The molecular formula is C21H28FIN4O. The Hall–Kier alpha value is -2.16. The van der Waals surface area contributed by atoms with E-state index in [1.165, 1.54) is 0 Å². The van der Waals surface area contributed by atoms with E-state index in [0.29, 0.717) is 23.6 Å². The molecule has 0 saturated carbocycles. The van der Waals surface area contributed by atoms with E-state index in [-0.39, 0.29) is 41.7 Å². The highest BCUT2D eigenvalue weighted by molar-refractivity contribution is 14.0. The Morgan fingerprint density at radius 3 is 2.61 bits per heavy atom. The zero-order valence-electron chi connectivity index (χ0n) is 16.7. The third-order valence-electron chi connectivity index (χ3n) is 4.40. The molecule has 28 heavy (non-hydrogen) atoms. The molecule has 7 heteroatoms. The SMILES string of the molecule is CN=C(NCCc1cccc(C(=O)NC)c1)NC(C)c1ccc(C)c(F)c1.I. The molecule has 0 aliphatic carbocycles. The van der Waals surface area contributed by atoms with Gasteiger partial charge in [-0.2, -0.15) is 0 Å². The number of hydrogen-bond acceptors (Lipinski definition) is 2. The lowest BCUT2D eigenvalue weighted by Gasteiger charge is -2.18. The lowest BCUT2D eigenvalue weighted by atomic mass is 10.1. The fraction of sp³-hybridized carbons (Fsp3) is 0.333. The Labute approximate surface area is 183 Å². The molecule has 0 spiro atoms. The number of rotatable bonds is 6. The predicted octanol–water partition coefficient (Wildman–Crippen LogP) is 3.58. The molecule has 0 aliphatic rings. The van der Waals surface area contributed by atoms with Crippen molar-refractivity contribution in [1.82, 2.24) is 16.0 Å². The van der Waals surface area contributed by atoms with Crippen LogP contribution < -0.4 is 16.0 Å². The normalized spacial score (nSPS) is 12.0. The highest BCUT2D eigenvalue weighted by atomic mass is 127. The summed E-state index contributed by atoms with van der Waals surface area (Å²) in [5.74, 6) is 0.340. The minimum absolute atomic E-state index is 0. The van der Waals surface area contributed by atoms with E-state index in [2.05, 4.69) is 20.9 Å². The number of guanidine groups is 1. The molecule has 2 aromatic rings. The second-order valence-electron chi connectivity index (χ2n) is 6.40. The van der Waals surface area contributed by atoms with Crippen molar-refractivity contribution >= 4 is 35.8 Å². The van der Waals surface area contributed by atoms with Crippen LogP contribution in [-0.4, -0.2) is 32.5 Å². The van der Waals surface area contributed by atoms with Gasteiger partial charge in [-0.15, -0.1) is 24.0 Å². The molecule has 2 aromatic carbocycles. The van der Waals surface area contributed by atoms with E-state index in [4.69, 9.17) is 0 Å². The summed E-state index contributed by atoms with van der Waals surface area (Å²) in [6.07, 6.45) is 0.749. The molecule has 0 bridgehead atoms. The van der Waals surface area contributed by atoms with Crippen molar-refractivity contribution in [2.45, 2.75) is 26.3 Å². The van der Waals surface area contributed by atoms with Gasteiger partial charge in [0, 0.05) is 26.2 Å². The zero-order chi connectivity index (χ0) is 19.8. The van der Waals surface area contributed by atoms with E-state index < -0.39 is 0 Å². The van der Waals surface area contributed by atoms with Crippen LogP contribution in [0.2, 0.25) is 0 Å². The number of benzene rings is 2. The summed E-state index contributed by atoms with van der Waals surface area (Å²) in [6.45, 7) is 4.37. The van der Waals surface area contributed by atoms with Crippen molar-refractivity contribution in [2.24, 2.45) is 4.99 Å². The number of nitrogens with one attached hydrogen (secondary N) is 3. The van der Waals surface area contributed by atoms with E-state index in [1.54, 1.807) is 39.2 Å². The van der Waals surface area contributed by atoms with Gasteiger partial charge in [-0.25, -0.2) is 4.39 Å². The first-order valence-corrected chi connectivity index (χ1v) is 8.99. The number of hydrogen-bond donors (Lipinski definition) is 3. The summed E-state index contributed by atoms with van der Waals surface area (Å²) in [4.78, 5) is 15.9. The van der Waals surface area contributed by atoms with Crippen LogP contribution in [0.25, 0.3) is 0 Å². The average molecular weight is 498 g/mol.